The van der Waals surface area contributed by atoms with Gasteiger partial charge in [0.1, 0.15) is 11.1 Å². The summed E-state index contributed by atoms with van der Waals surface area (Å²) < 4.78 is 6.34. The zero-order valence-corrected chi connectivity index (χ0v) is 20.9. The van der Waals surface area contributed by atoms with Crippen LogP contribution in [0, 0.1) is 0 Å². The number of thioether (sulfide) groups is 1. The van der Waals surface area contributed by atoms with Gasteiger partial charge in [0.05, 0.1) is 11.2 Å². The summed E-state index contributed by atoms with van der Waals surface area (Å²) in [6.07, 6.45) is 7.33. The summed E-state index contributed by atoms with van der Waals surface area (Å²) in [5.41, 5.74) is 8.14. The molecule has 1 N–H and O–H groups in total. The van der Waals surface area contributed by atoms with Crippen molar-refractivity contribution in [2.45, 2.75) is 11.3 Å². The second-order valence-corrected chi connectivity index (χ2v) is 9.69. The first-order valence-corrected chi connectivity index (χ1v) is 13.4. The third-order valence-electron chi connectivity index (χ3n) is 6.46. The van der Waals surface area contributed by atoms with Crippen LogP contribution in [0.2, 0.25) is 0 Å². The van der Waals surface area contributed by atoms with Crippen LogP contribution in [0.1, 0.15) is 16.7 Å². The summed E-state index contributed by atoms with van der Waals surface area (Å²) in [4.78, 5) is 6.28. The van der Waals surface area contributed by atoms with Crippen molar-refractivity contribution in [1.82, 2.24) is 4.98 Å². The molecule has 0 saturated heterocycles. The Morgan fingerprint density at radius 1 is 0.806 bits per heavy atom. The number of nitrogens with one attached hydrogen (secondary N) is 1. The Bertz CT molecular complexity index is 1690. The predicted octanol–water partition coefficient (Wildman–Crippen LogP) is 8.68. The summed E-state index contributed by atoms with van der Waals surface area (Å²) in [6.45, 7) is 0.803. The lowest BCUT2D eigenvalue weighted by Crippen LogP contribution is -2.06. The van der Waals surface area contributed by atoms with Crippen LogP contribution in [0.3, 0.4) is 0 Å². The Hall–Kier alpha value is -4.02. The highest BCUT2D eigenvalue weighted by atomic mass is 32.2. The number of fused-ring (bicyclic) bond motifs is 4. The fourth-order valence-electron chi connectivity index (χ4n) is 4.57. The highest BCUT2D eigenvalue weighted by molar-refractivity contribution is 7.98. The number of hydrogen-bond acceptors (Lipinski definition) is 4. The molecular weight excluding hydrogens is 460 g/mol. The number of aromatic nitrogens is 1. The van der Waals surface area contributed by atoms with E-state index in [2.05, 4.69) is 103 Å². The zero-order chi connectivity index (χ0) is 24.3. The summed E-state index contributed by atoms with van der Waals surface area (Å²) >= 11 is 1.76. The predicted molar refractivity (Wildman–Crippen MR) is 155 cm³/mol. The highest BCUT2D eigenvalue weighted by Gasteiger charge is 2.16. The Balaban J connectivity index is 1.41. The standard InChI is InChI=1S/C32H26N2OS/c1-36-25-16-13-23(14-17-25)11-12-24-15-18-28-27(21-24)30(33-20-19-22-7-3-2-4-8-22)32-31(34-28)26-9-5-6-10-29(26)35-32/h2-18,21H,19-20H2,1H3,(H,33,34)/b12-11+. The van der Waals surface area contributed by atoms with Crippen LogP contribution in [0.4, 0.5) is 5.69 Å². The van der Waals surface area contributed by atoms with Gasteiger partial charge in [0.15, 0.2) is 5.58 Å². The summed E-state index contributed by atoms with van der Waals surface area (Å²) in [5, 5.41) is 5.80. The van der Waals surface area contributed by atoms with Crippen LogP contribution >= 0.6 is 11.8 Å². The lowest BCUT2D eigenvalue weighted by molar-refractivity contribution is 0.669. The van der Waals surface area contributed by atoms with Gasteiger partial charge in [-0.25, -0.2) is 4.98 Å². The Labute approximate surface area is 214 Å². The van der Waals surface area contributed by atoms with E-state index in [1.165, 1.54) is 16.0 Å². The van der Waals surface area contributed by atoms with Gasteiger partial charge in [-0.3, -0.25) is 0 Å². The van der Waals surface area contributed by atoms with Crippen LogP contribution in [-0.4, -0.2) is 17.8 Å². The molecule has 2 aromatic heterocycles. The maximum Gasteiger partial charge on any atom is 0.177 e. The number of nitrogens with zero attached hydrogens (tertiary/aromatic N) is 1. The van der Waals surface area contributed by atoms with Crippen molar-refractivity contribution in [1.29, 1.82) is 0 Å². The van der Waals surface area contributed by atoms with Crippen LogP contribution in [0.15, 0.2) is 106 Å². The molecule has 6 aromatic rings. The van der Waals surface area contributed by atoms with Crippen molar-refractivity contribution >= 4 is 62.6 Å². The second kappa shape index (κ2) is 9.92. The molecule has 0 spiro atoms. The van der Waals surface area contributed by atoms with Crippen molar-refractivity contribution in [3.05, 3.63) is 114 Å². The first-order chi connectivity index (χ1) is 17.8. The molecule has 6 rings (SSSR count). The minimum absolute atomic E-state index is 0.803. The van der Waals surface area contributed by atoms with Gasteiger partial charge in [-0.15, -0.1) is 11.8 Å². The molecule has 0 atom stereocenters. The average Bonchev–Trinajstić information content (AvgIpc) is 3.31. The Kier molecular flexibility index (Phi) is 6.18. The van der Waals surface area contributed by atoms with Crippen LogP contribution in [0.5, 0.6) is 0 Å². The molecule has 0 radical (unpaired) electrons. The largest absolute Gasteiger partial charge is 0.452 e. The van der Waals surface area contributed by atoms with Gasteiger partial charge in [-0.2, -0.15) is 0 Å². The second-order valence-electron chi connectivity index (χ2n) is 8.81. The molecule has 4 heteroatoms. The number of hydrogen-bond donors (Lipinski definition) is 1. The van der Waals surface area contributed by atoms with Gasteiger partial charge in [-0.05, 0) is 65.8 Å². The van der Waals surface area contributed by atoms with E-state index < -0.39 is 0 Å². The molecular formula is C32H26N2OS. The highest BCUT2D eigenvalue weighted by Crippen LogP contribution is 2.37. The number of pyridine rings is 1. The third kappa shape index (κ3) is 4.48. The van der Waals surface area contributed by atoms with Gasteiger partial charge in [0.25, 0.3) is 0 Å². The van der Waals surface area contributed by atoms with Gasteiger partial charge < -0.3 is 9.73 Å². The van der Waals surface area contributed by atoms with E-state index in [0.717, 1.165) is 57.2 Å². The molecule has 0 bridgehead atoms. The number of furan rings is 1. The first kappa shape index (κ1) is 22.4. The van der Waals surface area contributed by atoms with E-state index in [0.29, 0.717) is 0 Å². The number of benzene rings is 4. The Morgan fingerprint density at radius 2 is 1.56 bits per heavy atom. The van der Waals surface area contributed by atoms with Gasteiger partial charge >= 0.3 is 0 Å². The van der Waals surface area contributed by atoms with Gasteiger partial charge in [0.2, 0.25) is 0 Å². The summed E-state index contributed by atoms with van der Waals surface area (Å²) in [6, 6.07) is 33.7. The van der Waals surface area contributed by atoms with Crippen molar-refractivity contribution < 1.29 is 4.42 Å². The monoisotopic (exact) mass is 486 g/mol. The topological polar surface area (TPSA) is 38.1 Å². The molecule has 0 aliphatic rings. The number of para-hydroxylation sites is 1. The van der Waals surface area contributed by atoms with Crippen molar-refractivity contribution in [3.63, 3.8) is 0 Å². The SMILES string of the molecule is CSc1ccc(/C=C/c2ccc3nc4c(oc5ccccc54)c(NCCc4ccccc4)c3c2)cc1. The average molecular weight is 487 g/mol. The van der Waals surface area contributed by atoms with Crippen LogP contribution in [0.25, 0.3) is 45.1 Å². The molecule has 36 heavy (non-hydrogen) atoms. The smallest absolute Gasteiger partial charge is 0.177 e. The van der Waals surface area contributed by atoms with E-state index in [4.69, 9.17) is 9.40 Å². The lowest BCUT2D eigenvalue weighted by atomic mass is 10.1. The molecule has 0 amide bonds. The van der Waals surface area contributed by atoms with Crippen molar-refractivity contribution in [2.75, 3.05) is 18.1 Å². The maximum atomic E-state index is 6.34. The number of anilines is 1. The first-order valence-electron chi connectivity index (χ1n) is 12.1. The van der Waals surface area contributed by atoms with E-state index in [9.17, 15) is 0 Å². The van der Waals surface area contributed by atoms with E-state index in [1.807, 2.05) is 18.2 Å². The third-order valence-corrected chi connectivity index (χ3v) is 7.20. The van der Waals surface area contributed by atoms with E-state index >= 15 is 0 Å². The molecule has 0 fully saturated rings. The van der Waals surface area contributed by atoms with Gasteiger partial charge in [-0.1, -0.05) is 72.8 Å². The maximum absolute atomic E-state index is 6.34. The van der Waals surface area contributed by atoms with Crippen LogP contribution in [-0.2, 0) is 6.42 Å². The van der Waals surface area contributed by atoms with Crippen molar-refractivity contribution in [3.8, 4) is 0 Å². The normalized spacial score (nSPS) is 11.7. The summed E-state index contributed by atoms with van der Waals surface area (Å²) in [5.74, 6) is 0. The van der Waals surface area contributed by atoms with E-state index in [1.54, 1.807) is 11.8 Å². The van der Waals surface area contributed by atoms with Crippen molar-refractivity contribution in [2.24, 2.45) is 0 Å². The lowest BCUT2D eigenvalue weighted by Gasteiger charge is -2.11. The molecule has 0 saturated carbocycles. The fourth-order valence-corrected chi connectivity index (χ4v) is 4.98. The number of rotatable bonds is 7. The molecule has 0 unspecified atom stereocenters. The summed E-state index contributed by atoms with van der Waals surface area (Å²) in [7, 11) is 0. The quantitative estimate of drug-likeness (QED) is 0.181. The zero-order valence-electron chi connectivity index (χ0n) is 20.1. The molecule has 4 aromatic carbocycles. The minimum Gasteiger partial charge on any atom is -0.452 e. The molecule has 3 nitrogen and oxygen atoms in total. The van der Waals surface area contributed by atoms with E-state index in [-0.39, 0.29) is 0 Å². The molecule has 176 valence electrons. The molecule has 0 aliphatic carbocycles. The molecule has 2 heterocycles. The molecule has 0 aliphatic heterocycles. The van der Waals surface area contributed by atoms with Crippen LogP contribution < -0.4 is 5.32 Å². The van der Waals surface area contributed by atoms with Gasteiger partial charge in [0, 0.05) is 22.2 Å². The minimum atomic E-state index is 0.803. The fraction of sp³-hybridized carbons (Fsp3) is 0.0938. The Morgan fingerprint density at radius 3 is 2.39 bits per heavy atom.